The highest BCUT2D eigenvalue weighted by molar-refractivity contribution is 7.18. The third kappa shape index (κ3) is 4.74. The lowest BCUT2D eigenvalue weighted by molar-refractivity contribution is -0.129. The number of carbonyl (C=O) groups is 2. The maximum atomic E-state index is 15.9. The van der Waals surface area contributed by atoms with Gasteiger partial charge in [0.05, 0.1) is 36.1 Å². The van der Waals surface area contributed by atoms with Crippen molar-refractivity contribution in [3.05, 3.63) is 88.7 Å². The molecule has 0 saturated carbocycles. The van der Waals surface area contributed by atoms with Crippen molar-refractivity contribution in [1.82, 2.24) is 25.0 Å². The van der Waals surface area contributed by atoms with E-state index in [4.69, 9.17) is 14.8 Å². The van der Waals surface area contributed by atoms with Crippen molar-refractivity contribution in [3.8, 4) is 39.5 Å². The Morgan fingerprint density at radius 3 is 2.74 bits per heavy atom. The van der Waals surface area contributed by atoms with E-state index in [9.17, 15) is 19.1 Å². The smallest absolute Gasteiger partial charge is 0.252 e. The van der Waals surface area contributed by atoms with E-state index in [0.717, 1.165) is 12.1 Å². The second-order valence-corrected chi connectivity index (χ2v) is 11.9. The van der Waals surface area contributed by atoms with Crippen molar-refractivity contribution in [2.75, 3.05) is 19.8 Å². The minimum atomic E-state index is -0.924. The van der Waals surface area contributed by atoms with E-state index < -0.39 is 24.1 Å². The molecule has 5 heterocycles. The number of thiophene rings is 1. The molecule has 2 aromatic carbocycles. The lowest BCUT2D eigenvalue weighted by Gasteiger charge is -2.33. The predicted octanol–water partition coefficient (Wildman–Crippen LogP) is 5.61. The molecule has 7 rings (SSSR count). The van der Waals surface area contributed by atoms with E-state index >= 15 is 8.78 Å². The van der Waals surface area contributed by atoms with Gasteiger partial charge in [-0.3, -0.25) is 14.3 Å². The third-order valence-corrected chi connectivity index (χ3v) is 9.25. The molecule has 0 saturated heterocycles. The summed E-state index contributed by atoms with van der Waals surface area (Å²) >= 11 is 1.25. The number of aliphatic hydroxyl groups excluding tert-OH is 1. The molecule has 2 aliphatic rings. The second kappa shape index (κ2) is 11.4. The normalized spacial score (nSPS) is 15.5. The maximum Gasteiger partial charge on any atom is 0.252 e. The highest BCUT2D eigenvalue weighted by Crippen LogP contribution is 2.48. The number of hydrogen-bond donors (Lipinski definition) is 2. The van der Waals surface area contributed by atoms with Gasteiger partial charge in [-0.25, -0.2) is 18.2 Å². The molecule has 46 heavy (non-hydrogen) atoms. The Kier molecular flexibility index (Phi) is 7.36. The van der Waals surface area contributed by atoms with Crippen molar-refractivity contribution < 1.29 is 32.6 Å². The number of ether oxygens (including phenoxy) is 1. The minimum Gasteiger partial charge on any atom is -0.490 e. The zero-order valence-electron chi connectivity index (χ0n) is 24.4. The Hall–Kier alpha value is -5.01. The topological polar surface area (TPSA) is 110 Å². The van der Waals surface area contributed by atoms with E-state index in [1.54, 1.807) is 33.2 Å². The van der Waals surface area contributed by atoms with Gasteiger partial charge < -0.3 is 20.1 Å². The number of carbonyl (C=O) groups excluding carboxylic acids is 2. The Bertz CT molecular complexity index is 2090. The molecular weight excluding hydrogens is 619 g/mol. The SMILES string of the molecule is C=CC(=O)N1CCn2nc(-c3nc(-c4cc5c(cc4F)C(=O)NC5)c4ccsc4c3-c3c(F)cc(F)cc3OCCO)cc2[C@H]1C. The number of halogens is 3. The zero-order valence-corrected chi connectivity index (χ0v) is 25.3. The lowest BCUT2D eigenvalue weighted by atomic mass is 9.95. The van der Waals surface area contributed by atoms with Gasteiger partial charge >= 0.3 is 0 Å². The summed E-state index contributed by atoms with van der Waals surface area (Å²) in [5.41, 5.74) is 2.59. The third-order valence-electron chi connectivity index (χ3n) is 8.32. The second-order valence-electron chi connectivity index (χ2n) is 10.9. The van der Waals surface area contributed by atoms with Gasteiger partial charge in [-0.05, 0) is 48.2 Å². The van der Waals surface area contributed by atoms with Crippen LogP contribution in [0.15, 0.2) is 54.4 Å². The number of aliphatic hydroxyl groups is 1. The van der Waals surface area contributed by atoms with Gasteiger partial charge in [0.15, 0.2) is 0 Å². The molecular formula is C33H26F3N5O4S. The van der Waals surface area contributed by atoms with Crippen molar-refractivity contribution in [2.24, 2.45) is 0 Å². The highest BCUT2D eigenvalue weighted by atomic mass is 32.1. The Labute approximate surface area is 264 Å². The first-order valence-corrected chi connectivity index (χ1v) is 15.3. The van der Waals surface area contributed by atoms with Crippen LogP contribution in [0.25, 0.3) is 43.9 Å². The molecule has 2 amide bonds. The van der Waals surface area contributed by atoms with Gasteiger partial charge in [-0.1, -0.05) is 6.58 Å². The number of amides is 2. The fraction of sp³-hybridized carbons (Fsp3) is 0.212. The number of pyridine rings is 1. The molecule has 0 bridgehead atoms. The van der Waals surface area contributed by atoms with E-state index in [2.05, 4.69) is 11.9 Å². The number of fused-ring (bicyclic) bond motifs is 3. The fourth-order valence-corrected chi connectivity index (χ4v) is 7.12. The van der Waals surface area contributed by atoms with Crippen LogP contribution >= 0.6 is 11.3 Å². The molecule has 0 radical (unpaired) electrons. The number of hydrogen-bond acceptors (Lipinski definition) is 7. The standard InChI is InChI=1S/C33H26F3N5O4S/c1-3-27(43)40-5-6-41-25(16(40)2)14-24(39-41)31-29(28-23(36)11-18(34)12-26(28)45-8-7-42)32-19(4-9-46-32)30(38-31)21-10-17-15-37-33(44)20(17)13-22(21)35/h3-4,9-14,16,42H,1,5-8,15H2,2H3,(H,37,44)/t16-/m1/s1. The van der Waals surface area contributed by atoms with Crippen LogP contribution in [0.2, 0.25) is 0 Å². The van der Waals surface area contributed by atoms with Crippen molar-refractivity contribution in [3.63, 3.8) is 0 Å². The van der Waals surface area contributed by atoms with Gasteiger partial charge in [0.25, 0.3) is 5.91 Å². The molecule has 13 heteroatoms. The molecule has 3 aromatic heterocycles. The van der Waals surface area contributed by atoms with Crippen LogP contribution in [0.5, 0.6) is 5.75 Å². The molecule has 0 aliphatic carbocycles. The molecule has 0 spiro atoms. The number of nitrogens with zero attached hydrogens (tertiary/aromatic N) is 4. The highest BCUT2D eigenvalue weighted by Gasteiger charge is 2.32. The largest absolute Gasteiger partial charge is 0.490 e. The summed E-state index contributed by atoms with van der Waals surface area (Å²) < 4.78 is 54.1. The summed E-state index contributed by atoms with van der Waals surface area (Å²) in [7, 11) is 0. The number of rotatable bonds is 7. The first kappa shape index (κ1) is 29.7. The fourth-order valence-electron chi connectivity index (χ4n) is 6.17. The van der Waals surface area contributed by atoms with Gasteiger partial charge in [-0.2, -0.15) is 5.10 Å². The first-order valence-electron chi connectivity index (χ1n) is 14.5. The average molecular weight is 646 g/mol. The lowest BCUT2D eigenvalue weighted by Crippen LogP contribution is -2.40. The summed E-state index contributed by atoms with van der Waals surface area (Å²) in [6.07, 6.45) is 1.25. The summed E-state index contributed by atoms with van der Waals surface area (Å²) in [5.74, 6) is -3.21. The molecule has 1 atom stereocenters. The van der Waals surface area contributed by atoms with Crippen LogP contribution in [0, 0.1) is 17.5 Å². The molecule has 9 nitrogen and oxygen atoms in total. The van der Waals surface area contributed by atoms with Crippen LogP contribution in [0.1, 0.15) is 34.6 Å². The Balaban J connectivity index is 1.52. The number of benzene rings is 2. The molecule has 5 aromatic rings. The van der Waals surface area contributed by atoms with Crippen molar-refractivity contribution in [2.45, 2.75) is 26.1 Å². The van der Waals surface area contributed by atoms with Crippen LogP contribution in [0.3, 0.4) is 0 Å². The minimum absolute atomic E-state index is 0.0944. The monoisotopic (exact) mass is 645 g/mol. The summed E-state index contributed by atoms with van der Waals surface area (Å²) in [6.45, 7) is 5.83. The summed E-state index contributed by atoms with van der Waals surface area (Å²) in [4.78, 5) is 31.4. The Morgan fingerprint density at radius 1 is 1.13 bits per heavy atom. The molecule has 2 N–H and O–H groups in total. The van der Waals surface area contributed by atoms with Crippen LogP contribution < -0.4 is 10.1 Å². The van der Waals surface area contributed by atoms with E-state index in [1.807, 2.05) is 6.92 Å². The predicted molar refractivity (Wildman–Crippen MR) is 166 cm³/mol. The quantitative estimate of drug-likeness (QED) is 0.223. The number of aromatic nitrogens is 3. The van der Waals surface area contributed by atoms with Gasteiger partial charge in [-0.15, -0.1) is 11.3 Å². The van der Waals surface area contributed by atoms with Crippen LogP contribution in [-0.4, -0.2) is 56.3 Å². The maximum absolute atomic E-state index is 15.9. The van der Waals surface area contributed by atoms with Gasteiger partial charge in [0.1, 0.15) is 41.2 Å². The average Bonchev–Trinajstić information content (AvgIpc) is 3.78. The van der Waals surface area contributed by atoms with Gasteiger partial charge in [0.2, 0.25) is 5.91 Å². The van der Waals surface area contributed by atoms with Crippen LogP contribution in [0.4, 0.5) is 13.2 Å². The van der Waals surface area contributed by atoms with E-state index in [-0.39, 0.29) is 70.4 Å². The summed E-state index contributed by atoms with van der Waals surface area (Å²) in [5, 5.41) is 19.2. The van der Waals surface area contributed by atoms with Gasteiger partial charge in [0, 0.05) is 52.0 Å². The summed E-state index contributed by atoms with van der Waals surface area (Å²) in [6, 6.07) is 7.65. The molecule has 0 fully saturated rings. The van der Waals surface area contributed by atoms with E-state index in [0.29, 0.717) is 40.1 Å². The first-order chi connectivity index (χ1) is 22.2. The number of nitrogens with one attached hydrogen (secondary N) is 1. The zero-order chi connectivity index (χ0) is 32.3. The molecule has 2 aliphatic heterocycles. The molecule has 0 unspecified atom stereocenters. The van der Waals surface area contributed by atoms with Crippen LogP contribution in [-0.2, 0) is 17.9 Å². The molecule has 234 valence electrons. The van der Waals surface area contributed by atoms with Crippen molar-refractivity contribution >= 4 is 33.2 Å². The van der Waals surface area contributed by atoms with E-state index in [1.165, 1.54) is 23.5 Å². The van der Waals surface area contributed by atoms with Crippen molar-refractivity contribution in [1.29, 1.82) is 0 Å². The Morgan fingerprint density at radius 2 is 1.96 bits per heavy atom.